The number of ether oxygens (including phenoxy) is 10. The van der Waals surface area contributed by atoms with E-state index in [1.54, 1.807) is 7.11 Å². The van der Waals surface area contributed by atoms with E-state index in [1.807, 2.05) is 6.92 Å². The third kappa shape index (κ3) is 10.0. The summed E-state index contributed by atoms with van der Waals surface area (Å²) < 4.78 is 60.9. The summed E-state index contributed by atoms with van der Waals surface area (Å²) >= 11 is 0. The highest BCUT2D eigenvalue weighted by atomic mass is 16.8. The Hall–Kier alpha value is -1.14. The van der Waals surface area contributed by atoms with Crippen LogP contribution in [0.3, 0.4) is 0 Å². The zero-order valence-electron chi connectivity index (χ0n) is 41.9. The van der Waals surface area contributed by atoms with E-state index in [0.29, 0.717) is 55.3 Å². The average Bonchev–Trinajstić information content (AvgIpc) is 3.98. The van der Waals surface area contributed by atoms with Crippen LogP contribution in [0.4, 0.5) is 0 Å². The molecule has 0 aromatic carbocycles. The van der Waals surface area contributed by atoms with Gasteiger partial charge >= 0.3 is 0 Å². The Morgan fingerprint density at radius 3 is 1.94 bits per heavy atom. The summed E-state index contributed by atoms with van der Waals surface area (Å²) in [5.41, 5.74) is 1.22. The number of hydrogen-bond acceptors (Lipinski definition) is 22. The Bertz CT molecular complexity index is 1830. The smallest absolute Gasteiger partial charge is 0.187 e. The van der Waals surface area contributed by atoms with Crippen LogP contribution in [0.5, 0.6) is 0 Å². The van der Waals surface area contributed by atoms with Crippen LogP contribution in [-0.4, -0.2) is 230 Å². The molecule has 414 valence electrons. The minimum absolute atomic E-state index is 0.0165. The van der Waals surface area contributed by atoms with Gasteiger partial charge in [-0.15, -0.1) is 0 Å². The van der Waals surface area contributed by atoms with Crippen molar-refractivity contribution in [3.05, 3.63) is 11.6 Å². The van der Waals surface area contributed by atoms with Crippen molar-refractivity contribution in [2.24, 2.45) is 46.8 Å². The summed E-state index contributed by atoms with van der Waals surface area (Å²) in [5.74, 6) is 1.65. The minimum Gasteiger partial charge on any atom is -0.394 e. The summed E-state index contributed by atoms with van der Waals surface area (Å²) in [7, 11) is 1.72. The number of methoxy groups -OCH3 is 1. The standard InChI is InChI=1S/C50H82O22/c1-20(19-64-45-40(60)38(58)35(55)30(16-51)67-45)10-13-50(63-5)21(2)33-26-8-9-28-25(27(26)15-29(33)72-50)7-6-23-14-24(11-12-49(23,28)4)66-48-42(62)44(71-46-41(61)37(57)34(54)22(3)65-46)43(32(18-53)69-48)70-47-39(59)36(56)31(17-52)68-47/h6,20-22,24-48,51-62H,7-19H2,1-5H3/t20-,21+,22+,24+,25+,26?,27+,28+,29+,30-,31+,32+,33-,34+,35-,36+,37-,38+,39-,40-,41-,42+,43+,44+,45-,46+,47+,48+,49+,50+/m1/s1. The number of fused-ring (bicyclic) bond motifs is 7. The highest BCUT2D eigenvalue weighted by Crippen LogP contribution is 2.66. The molecule has 0 bridgehead atoms. The fraction of sp³-hybridized carbons (Fsp3) is 0.960. The van der Waals surface area contributed by atoms with Gasteiger partial charge in [-0.25, -0.2) is 0 Å². The maximum Gasteiger partial charge on any atom is 0.187 e. The minimum atomic E-state index is -1.76. The maximum atomic E-state index is 12.0. The zero-order chi connectivity index (χ0) is 51.7. The monoisotopic (exact) mass is 1030 g/mol. The molecular formula is C50H82O22. The van der Waals surface area contributed by atoms with Crippen molar-refractivity contribution in [1.29, 1.82) is 0 Å². The Morgan fingerprint density at radius 2 is 1.25 bits per heavy atom. The summed E-state index contributed by atoms with van der Waals surface area (Å²) in [6.45, 7) is 6.51. The summed E-state index contributed by atoms with van der Waals surface area (Å²) in [5, 5.41) is 126. The highest BCUT2D eigenvalue weighted by molar-refractivity contribution is 5.25. The Labute approximate surface area is 420 Å². The van der Waals surface area contributed by atoms with Gasteiger partial charge in [0.05, 0.1) is 44.7 Å². The van der Waals surface area contributed by atoms with Crippen molar-refractivity contribution in [2.75, 3.05) is 33.5 Å². The Morgan fingerprint density at radius 1 is 0.653 bits per heavy atom. The lowest BCUT2D eigenvalue weighted by Crippen LogP contribution is -2.65. The largest absolute Gasteiger partial charge is 0.394 e. The second-order valence-electron chi connectivity index (χ2n) is 22.8. The molecule has 0 aromatic heterocycles. The number of aliphatic hydroxyl groups excluding tert-OH is 12. The molecule has 4 aliphatic carbocycles. The molecule has 9 aliphatic rings. The van der Waals surface area contributed by atoms with Crippen molar-refractivity contribution < 1.29 is 109 Å². The molecule has 5 saturated heterocycles. The van der Waals surface area contributed by atoms with Gasteiger partial charge in [0.2, 0.25) is 0 Å². The third-order valence-electron chi connectivity index (χ3n) is 18.8. The molecule has 5 heterocycles. The van der Waals surface area contributed by atoms with E-state index in [9.17, 15) is 61.3 Å². The van der Waals surface area contributed by atoms with Gasteiger partial charge in [-0.2, -0.15) is 0 Å². The molecule has 5 aliphatic heterocycles. The molecule has 9 rings (SSSR count). The van der Waals surface area contributed by atoms with Crippen molar-refractivity contribution in [3.63, 3.8) is 0 Å². The third-order valence-corrected chi connectivity index (χ3v) is 18.8. The molecular weight excluding hydrogens is 953 g/mol. The first-order chi connectivity index (χ1) is 34.3. The number of aliphatic hydroxyl groups is 12. The second kappa shape index (κ2) is 22.3. The fourth-order valence-electron chi connectivity index (χ4n) is 14.6. The van der Waals surface area contributed by atoms with E-state index in [0.717, 1.165) is 32.1 Å². The maximum absolute atomic E-state index is 12.0. The molecule has 0 aromatic rings. The first-order valence-electron chi connectivity index (χ1n) is 26.4. The van der Waals surface area contributed by atoms with E-state index in [2.05, 4.69) is 19.9 Å². The van der Waals surface area contributed by atoms with E-state index >= 15 is 0 Å². The van der Waals surface area contributed by atoms with Crippen molar-refractivity contribution in [1.82, 2.24) is 0 Å². The van der Waals surface area contributed by atoms with E-state index in [-0.39, 0.29) is 30.0 Å². The van der Waals surface area contributed by atoms with Crippen LogP contribution in [0.1, 0.15) is 85.5 Å². The molecule has 12 N–H and O–H groups in total. The molecule has 30 atom stereocenters. The van der Waals surface area contributed by atoms with Crippen LogP contribution in [0, 0.1) is 46.8 Å². The normalized spacial score (nSPS) is 53.8. The van der Waals surface area contributed by atoms with Crippen LogP contribution >= 0.6 is 0 Å². The Balaban J connectivity index is 0.828. The molecule has 22 nitrogen and oxygen atoms in total. The Kier molecular flexibility index (Phi) is 17.2. The lowest BCUT2D eigenvalue weighted by molar-refractivity contribution is -0.376. The zero-order valence-corrected chi connectivity index (χ0v) is 41.9. The fourth-order valence-corrected chi connectivity index (χ4v) is 14.6. The molecule has 1 unspecified atom stereocenters. The summed E-state index contributed by atoms with van der Waals surface area (Å²) in [4.78, 5) is 0. The SMILES string of the molecule is CO[C@@]1(CC[C@@H](C)CO[C@@H]2O[C@H](CO)[C@@H](O)[C@H](O)[C@H]2O)O[C@H]2C[C@@H]3C(CC[C@H]4[C@H]3CC=C3C[C@@H](O[C@H]5O[C@@H](CO)[C@H](O[C@@H]6O[C@@H](CO)[C@H](O)[C@H]6O)[C@@H](O[C@@H]6O[C@@H](C)[C@H](O)[C@@H](O)[C@H]6O)[C@@H]5O)CC[C@@]34C)[C@H]2[C@@H]1C. The molecule has 72 heavy (non-hydrogen) atoms. The first kappa shape index (κ1) is 55.6. The number of hydrogen-bond donors (Lipinski definition) is 12. The summed E-state index contributed by atoms with van der Waals surface area (Å²) in [6, 6.07) is 0. The van der Waals surface area contributed by atoms with Gasteiger partial charge in [0.1, 0.15) is 85.5 Å². The van der Waals surface area contributed by atoms with Crippen molar-refractivity contribution >= 4 is 0 Å². The van der Waals surface area contributed by atoms with Gasteiger partial charge in [0.15, 0.2) is 30.9 Å². The van der Waals surface area contributed by atoms with Crippen LogP contribution in [0.2, 0.25) is 0 Å². The van der Waals surface area contributed by atoms with Crippen molar-refractivity contribution in [2.45, 2.75) is 220 Å². The molecule has 0 radical (unpaired) electrons. The molecule has 0 amide bonds. The van der Waals surface area contributed by atoms with Gasteiger partial charge in [-0.05, 0) is 99.2 Å². The van der Waals surface area contributed by atoms with Crippen molar-refractivity contribution in [3.8, 4) is 0 Å². The van der Waals surface area contributed by atoms with E-state index < -0.39 is 148 Å². The molecule has 3 saturated carbocycles. The molecule has 0 spiro atoms. The first-order valence-corrected chi connectivity index (χ1v) is 26.4. The second-order valence-corrected chi connectivity index (χ2v) is 22.8. The number of allylic oxidation sites excluding steroid dienone is 1. The van der Waals surface area contributed by atoms with Gasteiger partial charge < -0.3 is 109 Å². The topological polar surface area (TPSA) is 335 Å². The molecule has 22 heteroatoms. The molecule has 8 fully saturated rings. The summed E-state index contributed by atoms with van der Waals surface area (Å²) in [6.07, 6.45) is -17.7. The lowest BCUT2D eigenvalue weighted by Gasteiger charge is -2.56. The lowest BCUT2D eigenvalue weighted by atomic mass is 9.50. The predicted octanol–water partition coefficient (Wildman–Crippen LogP) is -2.10. The van der Waals surface area contributed by atoms with Crippen LogP contribution in [-0.2, 0) is 47.4 Å². The van der Waals surface area contributed by atoms with Gasteiger partial charge in [-0.3, -0.25) is 0 Å². The van der Waals surface area contributed by atoms with E-state index in [4.69, 9.17) is 47.4 Å². The van der Waals surface area contributed by atoms with Crippen LogP contribution < -0.4 is 0 Å². The predicted molar refractivity (Wildman–Crippen MR) is 244 cm³/mol. The van der Waals surface area contributed by atoms with Gasteiger partial charge in [0, 0.05) is 19.4 Å². The van der Waals surface area contributed by atoms with Gasteiger partial charge in [0.25, 0.3) is 0 Å². The van der Waals surface area contributed by atoms with Crippen LogP contribution in [0.15, 0.2) is 11.6 Å². The quantitative estimate of drug-likeness (QED) is 0.0737. The highest BCUT2D eigenvalue weighted by Gasteiger charge is 2.64. The van der Waals surface area contributed by atoms with Gasteiger partial charge in [-0.1, -0.05) is 32.4 Å². The number of rotatable bonds is 16. The average molecular weight is 1040 g/mol. The van der Waals surface area contributed by atoms with E-state index in [1.165, 1.54) is 12.5 Å². The van der Waals surface area contributed by atoms with Crippen LogP contribution in [0.25, 0.3) is 0 Å².